The van der Waals surface area contributed by atoms with Crippen LogP contribution in [0.3, 0.4) is 0 Å². The predicted molar refractivity (Wildman–Crippen MR) is 201 cm³/mol. The minimum Gasteiger partial charge on any atom is -0.341 e. The van der Waals surface area contributed by atoms with Gasteiger partial charge in [-0.05, 0) is 105 Å². The van der Waals surface area contributed by atoms with Gasteiger partial charge in [0.1, 0.15) is 0 Å². The van der Waals surface area contributed by atoms with Gasteiger partial charge in [-0.25, -0.2) is 4.79 Å². The lowest BCUT2D eigenvalue weighted by Crippen LogP contribution is -2.07. The smallest absolute Gasteiger partial charge is 0.341 e. The fourth-order valence-electron chi connectivity index (χ4n) is 5.68. The molecule has 0 spiro atoms. The Morgan fingerprint density at radius 3 is 2.06 bits per heavy atom. The molecule has 1 heterocycles. The van der Waals surface area contributed by atoms with Gasteiger partial charge in [0.05, 0.1) is 11.3 Å². The van der Waals surface area contributed by atoms with Gasteiger partial charge in [-0.2, -0.15) is 0 Å². The third-order valence-electron chi connectivity index (χ3n) is 8.05. The molecule has 0 atom stereocenters. The molecule has 0 aliphatic heterocycles. The van der Waals surface area contributed by atoms with Crippen molar-refractivity contribution in [1.29, 1.82) is 0 Å². The van der Waals surface area contributed by atoms with Crippen molar-refractivity contribution in [2.45, 2.75) is 52.0 Å². The number of oxime groups is 1. The number of hydrogen-bond donors (Lipinski definition) is 0. The number of halogens is 1. The van der Waals surface area contributed by atoms with Crippen LogP contribution < -0.4 is 0 Å². The van der Waals surface area contributed by atoms with E-state index in [1.165, 1.54) is 0 Å². The highest BCUT2D eigenvalue weighted by Gasteiger charge is 2.17. The zero-order valence-electron chi connectivity index (χ0n) is 27.7. The van der Waals surface area contributed by atoms with E-state index in [1.54, 1.807) is 36.0 Å². The van der Waals surface area contributed by atoms with Crippen molar-refractivity contribution in [2.75, 3.05) is 5.75 Å². The van der Waals surface area contributed by atoms with Crippen LogP contribution in [0.25, 0.3) is 21.8 Å². The molecule has 0 aliphatic carbocycles. The molecule has 1 aromatic heterocycles. The van der Waals surface area contributed by atoms with Crippen LogP contribution >= 0.6 is 23.4 Å². The van der Waals surface area contributed by atoms with E-state index < -0.39 is 5.97 Å². The van der Waals surface area contributed by atoms with Gasteiger partial charge in [0, 0.05) is 55.0 Å². The molecule has 48 heavy (non-hydrogen) atoms. The molecule has 5 aromatic carbocycles. The van der Waals surface area contributed by atoms with Gasteiger partial charge < -0.3 is 9.40 Å². The Kier molecular flexibility index (Phi) is 11.9. The molecular formula is C41H39ClN2O3S. The molecule has 0 radical (unpaired) electrons. The van der Waals surface area contributed by atoms with Crippen molar-refractivity contribution in [3.63, 3.8) is 0 Å². The van der Waals surface area contributed by atoms with Gasteiger partial charge in [-0.3, -0.25) is 4.79 Å². The van der Waals surface area contributed by atoms with Crippen molar-refractivity contribution < 1.29 is 14.4 Å². The van der Waals surface area contributed by atoms with Gasteiger partial charge in [0.15, 0.2) is 5.78 Å². The molecule has 6 rings (SSSR count). The van der Waals surface area contributed by atoms with E-state index in [4.69, 9.17) is 16.4 Å². The summed E-state index contributed by atoms with van der Waals surface area (Å²) in [5, 5.41) is 7.15. The normalized spacial score (nSPS) is 11.3. The maximum Gasteiger partial charge on any atom is 0.365 e. The SMILES string of the molecule is CC.CCn1c2ccc(C(=O)c3ccccc3C)cc2c2cc(/C(CCCSc3ccc(Cl)cc3)=N/OC(=O)c3ccccc3)ccc21. The Morgan fingerprint density at radius 2 is 1.40 bits per heavy atom. The maximum atomic E-state index is 13.5. The zero-order valence-corrected chi connectivity index (χ0v) is 29.3. The minimum absolute atomic E-state index is 0.00168. The minimum atomic E-state index is -0.503. The summed E-state index contributed by atoms with van der Waals surface area (Å²) >= 11 is 7.79. The van der Waals surface area contributed by atoms with Crippen LogP contribution in [0, 0.1) is 6.92 Å². The Hall–Kier alpha value is -4.65. The summed E-state index contributed by atoms with van der Waals surface area (Å²) in [5.41, 5.74) is 6.43. The van der Waals surface area contributed by atoms with E-state index in [2.05, 4.69) is 28.8 Å². The van der Waals surface area contributed by atoms with Crippen molar-refractivity contribution in [3.05, 3.63) is 148 Å². The van der Waals surface area contributed by atoms with Crippen molar-refractivity contribution >= 4 is 62.6 Å². The molecule has 0 saturated carbocycles. The standard InChI is InChI=1S/C39H33ClN2O3S.C2H6/c1-3-42-36-21-15-28(24-33(36)34-25-29(16-22-37(34)42)38(43)32-13-8-7-10-26(32)2)35(41-45-39(44)27-11-5-4-6-12-27)14-9-23-46-31-19-17-30(40)18-20-31;1-2/h4-8,10-13,15-22,24-25H,3,9,14,23H2,1-2H3;1-2H3/b41-35+;. The van der Waals surface area contributed by atoms with Gasteiger partial charge in [-0.15, -0.1) is 11.8 Å². The average molecular weight is 675 g/mol. The summed E-state index contributed by atoms with van der Waals surface area (Å²) in [5.74, 6) is 0.355. The summed E-state index contributed by atoms with van der Waals surface area (Å²) in [4.78, 5) is 33.0. The molecule has 0 saturated heterocycles. The van der Waals surface area contributed by atoms with Crippen LogP contribution in [0.4, 0.5) is 0 Å². The van der Waals surface area contributed by atoms with Crippen molar-refractivity contribution in [2.24, 2.45) is 5.16 Å². The first-order valence-electron chi connectivity index (χ1n) is 16.3. The van der Waals surface area contributed by atoms with Gasteiger partial charge in [0.2, 0.25) is 0 Å². The molecule has 0 bridgehead atoms. The molecular weight excluding hydrogens is 636 g/mol. The summed E-state index contributed by atoms with van der Waals surface area (Å²) in [6.45, 7) is 8.86. The summed E-state index contributed by atoms with van der Waals surface area (Å²) < 4.78 is 2.26. The zero-order chi connectivity index (χ0) is 34.0. The Balaban J connectivity index is 0.00000221. The van der Waals surface area contributed by atoms with E-state index in [1.807, 2.05) is 99.6 Å². The first kappa shape index (κ1) is 34.7. The number of aryl methyl sites for hydroxylation is 2. The van der Waals surface area contributed by atoms with Gasteiger partial charge >= 0.3 is 5.97 Å². The summed E-state index contributed by atoms with van der Waals surface area (Å²) in [7, 11) is 0. The van der Waals surface area contributed by atoms with E-state index in [9.17, 15) is 9.59 Å². The third kappa shape index (κ3) is 7.89. The Bertz CT molecular complexity index is 2070. The van der Waals surface area contributed by atoms with Crippen molar-refractivity contribution in [1.82, 2.24) is 4.57 Å². The molecule has 6 aromatic rings. The molecule has 5 nitrogen and oxygen atoms in total. The predicted octanol–water partition coefficient (Wildman–Crippen LogP) is 11.2. The molecule has 0 aliphatic rings. The first-order chi connectivity index (χ1) is 23.4. The Labute approximate surface area is 291 Å². The summed E-state index contributed by atoms with van der Waals surface area (Å²) in [6, 6.07) is 36.5. The lowest BCUT2D eigenvalue weighted by atomic mass is 9.97. The first-order valence-corrected chi connectivity index (χ1v) is 17.7. The number of carbonyl (C=O) groups is 2. The molecule has 0 amide bonds. The number of aromatic nitrogens is 1. The van der Waals surface area contributed by atoms with Crippen LogP contribution in [0.5, 0.6) is 0 Å². The number of carbonyl (C=O) groups excluding carboxylic acids is 2. The van der Waals surface area contributed by atoms with E-state index in [0.29, 0.717) is 33.8 Å². The molecule has 0 N–H and O–H groups in total. The highest BCUT2D eigenvalue weighted by molar-refractivity contribution is 7.99. The second-order valence-corrected chi connectivity index (χ2v) is 12.6. The fourth-order valence-corrected chi connectivity index (χ4v) is 6.65. The van der Waals surface area contributed by atoms with Crippen LogP contribution in [0.1, 0.15) is 71.0 Å². The number of rotatable bonds is 11. The number of hydrogen-bond acceptors (Lipinski definition) is 5. The topological polar surface area (TPSA) is 60.7 Å². The van der Waals surface area contributed by atoms with Gasteiger partial charge in [0.25, 0.3) is 0 Å². The lowest BCUT2D eigenvalue weighted by Gasteiger charge is -2.09. The van der Waals surface area contributed by atoms with Crippen LogP contribution in [0.15, 0.2) is 125 Å². The van der Waals surface area contributed by atoms with Crippen molar-refractivity contribution in [3.8, 4) is 0 Å². The summed E-state index contributed by atoms with van der Waals surface area (Å²) in [6.07, 6.45) is 1.43. The average Bonchev–Trinajstić information content (AvgIpc) is 3.45. The monoisotopic (exact) mass is 674 g/mol. The van der Waals surface area contributed by atoms with E-state index >= 15 is 0 Å². The van der Waals surface area contributed by atoms with E-state index in [0.717, 1.165) is 56.5 Å². The number of thioether (sulfide) groups is 1. The second kappa shape index (κ2) is 16.4. The third-order valence-corrected chi connectivity index (χ3v) is 9.41. The fraction of sp³-hybridized carbons (Fsp3) is 0.195. The molecule has 0 fully saturated rings. The number of benzene rings is 5. The molecule has 244 valence electrons. The largest absolute Gasteiger partial charge is 0.365 e. The highest BCUT2D eigenvalue weighted by Crippen LogP contribution is 2.32. The number of nitrogens with zero attached hydrogens (tertiary/aromatic N) is 2. The maximum absolute atomic E-state index is 13.5. The van der Waals surface area contributed by atoms with Crippen LogP contribution in [0.2, 0.25) is 5.02 Å². The highest BCUT2D eigenvalue weighted by atomic mass is 35.5. The van der Waals surface area contributed by atoms with Crippen LogP contribution in [-0.4, -0.2) is 27.8 Å². The number of ketones is 1. The van der Waals surface area contributed by atoms with E-state index in [-0.39, 0.29) is 5.78 Å². The second-order valence-electron chi connectivity index (χ2n) is 11.0. The Morgan fingerprint density at radius 1 is 0.771 bits per heavy atom. The number of fused-ring (bicyclic) bond motifs is 3. The quantitative estimate of drug-likeness (QED) is 0.0343. The molecule has 7 heteroatoms. The van der Waals surface area contributed by atoms with Crippen LogP contribution in [-0.2, 0) is 11.4 Å². The molecule has 0 unspecified atom stereocenters. The van der Waals surface area contributed by atoms with Gasteiger partial charge in [-0.1, -0.05) is 79.1 Å². The lowest BCUT2D eigenvalue weighted by molar-refractivity contribution is 0.0515.